The molecule has 3 aromatic rings. The number of halogens is 3. The van der Waals surface area contributed by atoms with Crippen LogP contribution in [0.2, 0.25) is 0 Å². The van der Waals surface area contributed by atoms with E-state index in [4.69, 9.17) is 0 Å². The monoisotopic (exact) mass is 456 g/mol. The van der Waals surface area contributed by atoms with E-state index < -0.39 is 18.0 Å². The molecule has 1 fully saturated rings. The number of aromatic nitrogens is 3. The van der Waals surface area contributed by atoms with E-state index in [1.54, 1.807) is 18.2 Å². The smallest absolute Gasteiger partial charge is 0.406 e. The van der Waals surface area contributed by atoms with Crippen molar-refractivity contribution in [1.29, 1.82) is 5.26 Å². The van der Waals surface area contributed by atoms with E-state index in [-0.39, 0.29) is 41.5 Å². The van der Waals surface area contributed by atoms with Crippen LogP contribution in [0, 0.1) is 11.3 Å². The first-order valence-electron chi connectivity index (χ1n) is 9.61. The van der Waals surface area contributed by atoms with Crippen LogP contribution in [0.1, 0.15) is 16.1 Å². The molecule has 0 aliphatic carbocycles. The molecule has 2 amide bonds. The van der Waals surface area contributed by atoms with E-state index in [1.807, 2.05) is 0 Å². The van der Waals surface area contributed by atoms with Crippen molar-refractivity contribution in [2.75, 3.05) is 19.6 Å². The van der Waals surface area contributed by atoms with Gasteiger partial charge in [-0.1, -0.05) is 0 Å². The number of ether oxygens (including phenoxy) is 1. The van der Waals surface area contributed by atoms with Crippen molar-refractivity contribution in [2.45, 2.75) is 6.36 Å². The molecule has 0 unspecified atom stereocenters. The quantitative estimate of drug-likeness (QED) is 0.645. The molecule has 12 heteroatoms. The van der Waals surface area contributed by atoms with Crippen molar-refractivity contribution in [3.05, 3.63) is 60.0 Å². The number of nitriles is 1. The molecule has 1 N–H and O–H groups in total. The fourth-order valence-corrected chi connectivity index (χ4v) is 3.35. The second-order valence-electron chi connectivity index (χ2n) is 7.02. The number of nitrogens with one attached hydrogen (secondary N) is 1. The maximum Gasteiger partial charge on any atom is 0.573 e. The zero-order valence-electron chi connectivity index (χ0n) is 16.8. The van der Waals surface area contributed by atoms with Crippen LogP contribution in [-0.4, -0.2) is 57.5 Å². The molecule has 1 aliphatic heterocycles. The third kappa shape index (κ3) is 4.93. The average Bonchev–Trinajstić information content (AvgIpc) is 3.23. The number of hydrogen-bond donors (Lipinski definition) is 1. The lowest BCUT2D eigenvalue weighted by Gasteiger charge is -2.25. The summed E-state index contributed by atoms with van der Waals surface area (Å²) in [4.78, 5) is 30.0. The van der Waals surface area contributed by atoms with Gasteiger partial charge in [0.05, 0.1) is 35.8 Å². The number of hydrogen-bond acceptors (Lipinski definition) is 6. The van der Waals surface area contributed by atoms with E-state index >= 15 is 0 Å². The Morgan fingerprint density at radius 2 is 2.06 bits per heavy atom. The Morgan fingerprint density at radius 3 is 2.73 bits per heavy atom. The van der Waals surface area contributed by atoms with Crippen molar-refractivity contribution in [2.24, 2.45) is 0 Å². The Morgan fingerprint density at radius 1 is 1.24 bits per heavy atom. The fraction of sp³-hybridized carbons (Fsp3) is 0.190. The molecular formula is C21H15F3N6O3. The van der Waals surface area contributed by atoms with E-state index in [1.165, 1.54) is 34.1 Å². The Bertz CT molecular complexity index is 1250. The number of benzene rings is 1. The molecule has 0 radical (unpaired) electrons. The predicted molar refractivity (Wildman–Crippen MR) is 107 cm³/mol. The van der Waals surface area contributed by atoms with Crippen molar-refractivity contribution >= 4 is 11.8 Å². The summed E-state index contributed by atoms with van der Waals surface area (Å²) in [5, 5.41) is 16.2. The average molecular weight is 456 g/mol. The maximum atomic E-state index is 13.0. The minimum atomic E-state index is -4.95. The van der Waals surface area contributed by atoms with Gasteiger partial charge in [0.2, 0.25) is 5.91 Å². The predicted octanol–water partition coefficient (Wildman–Crippen LogP) is 2.28. The molecule has 0 bridgehead atoms. The summed E-state index contributed by atoms with van der Waals surface area (Å²) in [6.45, 7) is 0.442. The summed E-state index contributed by atoms with van der Waals surface area (Å²) in [5.74, 6) is -1.41. The van der Waals surface area contributed by atoms with Crippen LogP contribution < -0.4 is 10.1 Å². The molecule has 1 saturated heterocycles. The molecule has 168 valence electrons. The summed E-state index contributed by atoms with van der Waals surface area (Å²) in [6.07, 6.45) is -1.97. The Balaban J connectivity index is 1.82. The molecule has 0 spiro atoms. The Labute approximate surface area is 185 Å². The molecule has 4 rings (SSSR count). The number of alkyl halides is 3. The molecule has 0 atom stereocenters. The molecule has 0 saturated carbocycles. The highest BCUT2D eigenvalue weighted by Gasteiger charge is 2.32. The number of carbonyl (C=O) groups excluding carboxylic acids is 2. The third-order valence-electron chi connectivity index (χ3n) is 4.71. The molecule has 9 nitrogen and oxygen atoms in total. The molecule has 33 heavy (non-hydrogen) atoms. The number of carbonyl (C=O) groups is 2. The van der Waals surface area contributed by atoms with Gasteiger partial charge in [-0.05, 0) is 36.4 Å². The first-order valence-corrected chi connectivity index (χ1v) is 9.61. The van der Waals surface area contributed by atoms with Gasteiger partial charge in [0.25, 0.3) is 5.91 Å². The minimum absolute atomic E-state index is 0.0239. The van der Waals surface area contributed by atoms with Gasteiger partial charge in [0, 0.05) is 24.8 Å². The van der Waals surface area contributed by atoms with Gasteiger partial charge in [-0.25, -0.2) is 4.68 Å². The van der Waals surface area contributed by atoms with Crippen LogP contribution >= 0.6 is 0 Å². The lowest BCUT2D eigenvalue weighted by atomic mass is 10.1. The molecule has 1 aliphatic rings. The topological polar surface area (TPSA) is 113 Å². The lowest BCUT2D eigenvalue weighted by Crippen LogP contribution is -2.50. The number of pyridine rings is 1. The standard InChI is InChI=1S/C21H15F3N6O3/c22-21(23,24)33-16-7-13(10-25)6-14(8-16)18-9-17(20(32)29-5-4-27-19(31)12-29)28-30(18)15-2-1-3-26-11-15/h1-3,6-9,11H,4-5,12H2,(H,27,31). The molecular weight excluding hydrogens is 441 g/mol. The second-order valence-corrected chi connectivity index (χ2v) is 7.02. The lowest BCUT2D eigenvalue weighted by molar-refractivity contribution is -0.274. The van der Waals surface area contributed by atoms with Crippen LogP contribution in [0.3, 0.4) is 0 Å². The Hall–Kier alpha value is -4.40. The summed E-state index contributed by atoms with van der Waals surface area (Å²) in [5.41, 5.74) is 0.732. The van der Waals surface area contributed by atoms with Gasteiger partial charge in [0.1, 0.15) is 5.75 Å². The van der Waals surface area contributed by atoms with Crippen LogP contribution in [0.15, 0.2) is 48.8 Å². The van der Waals surface area contributed by atoms with E-state index in [0.29, 0.717) is 12.2 Å². The van der Waals surface area contributed by atoms with Crippen LogP contribution in [0.25, 0.3) is 16.9 Å². The van der Waals surface area contributed by atoms with Gasteiger partial charge in [0.15, 0.2) is 5.69 Å². The second kappa shape index (κ2) is 8.62. The largest absolute Gasteiger partial charge is 0.573 e. The van der Waals surface area contributed by atoms with Crippen molar-refractivity contribution in [3.8, 4) is 28.8 Å². The fourth-order valence-electron chi connectivity index (χ4n) is 3.35. The van der Waals surface area contributed by atoms with Gasteiger partial charge >= 0.3 is 6.36 Å². The van der Waals surface area contributed by atoms with Crippen molar-refractivity contribution in [3.63, 3.8) is 0 Å². The third-order valence-corrected chi connectivity index (χ3v) is 4.71. The van der Waals surface area contributed by atoms with Gasteiger partial charge in [-0.2, -0.15) is 10.4 Å². The highest BCUT2D eigenvalue weighted by Crippen LogP contribution is 2.31. The first-order chi connectivity index (χ1) is 15.7. The number of rotatable bonds is 4. The summed E-state index contributed by atoms with van der Waals surface area (Å²) >= 11 is 0. The summed E-state index contributed by atoms with van der Waals surface area (Å²) < 4.78 is 43.7. The van der Waals surface area contributed by atoms with Crippen LogP contribution in [0.5, 0.6) is 5.75 Å². The zero-order chi connectivity index (χ0) is 23.6. The van der Waals surface area contributed by atoms with Crippen LogP contribution in [0.4, 0.5) is 13.2 Å². The maximum absolute atomic E-state index is 13.0. The van der Waals surface area contributed by atoms with Crippen LogP contribution in [-0.2, 0) is 4.79 Å². The normalized spacial score (nSPS) is 13.9. The highest BCUT2D eigenvalue weighted by atomic mass is 19.4. The van der Waals surface area contributed by atoms with Crippen molar-refractivity contribution in [1.82, 2.24) is 25.0 Å². The zero-order valence-corrected chi connectivity index (χ0v) is 16.8. The molecule has 1 aromatic carbocycles. The van der Waals surface area contributed by atoms with Gasteiger partial charge in [-0.3, -0.25) is 14.6 Å². The summed E-state index contributed by atoms with van der Waals surface area (Å²) in [7, 11) is 0. The number of nitrogens with zero attached hydrogens (tertiary/aromatic N) is 5. The number of amides is 2. The molecule has 2 aromatic heterocycles. The highest BCUT2D eigenvalue weighted by molar-refractivity contribution is 5.96. The van der Waals surface area contributed by atoms with E-state index in [2.05, 4.69) is 20.1 Å². The molecule has 3 heterocycles. The number of piperazine rings is 1. The minimum Gasteiger partial charge on any atom is -0.406 e. The first kappa shape index (κ1) is 21.8. The van der Waals surface area contributed by atoms with E-state index in [0.717, 1.165) is 12.1 Å². The Kier molecular flexibility index (Phi) is 5.70. The SMILES string of the molecule is N#Cc1cc(OC(F)(F)F)cc(-c2cc(C(=O)N3CCNC(=O)C3)nn2-c2cccnc2)c1. The van der Waals surface area contributed by atoms with E-state index in [9.17, 15) is 28.0 Å². The van der Waals surface area contributed by atoms with Gasteiger partial charge < -0.3 is 15.0 Å². The summed E-state index contributed by atoms with van der Waals surface area (Å²) in [6, 6.07) is 9.87. The van der Waals surface area contributed by atoms with Gasteiger partial charge in [-0.15, -0.1) is 13.2 Å². The van der Waals surface area contributed by atoms with Crippen molar-refractivity contribution < 1.29 is 27.5 Å².